The Bertz CT molecular complexity index is 1140. The Balaban J connectivity index is 1.85. The van der Waals surface area contributed by atoms with Crippen LogP contribution in [0.4, 0.5) is 15.8 Å². The summed E-state index contributed by atoms with van der Waals surface area (Å²) < 4.78 is 13.4. The van der Waals surface area contributed by atoms with Gasteiger partial charge in [-0.05, 0) is 24.3 Å². The molecule has 1 heterocycles. The molecule has 10 heteroatoms. The van der Waals surface area contributed by atoms with Crippen LogP contribution in [0.25, 0.3) is 16.8 Å². The number of anilines is 1. The Hall–Kier alpha value is -2.99. The molecule has 0 spiro atoms. The first-order valence-electron chi connectivity index (χ1n) is 7.61. The highest BCUT2D eigenvalue weighted by molar-refractivity contribution is 7.11. The number of nitrogens with one attached hydrogen (secondary N) is 1. The lowest BCUT2D eigenvalue weighted by molar-refractivity contribution is -0.387. The molecule has 3 aromatic rings. The van der Waals surface area contributed by atoms with E-state index in [1.807, 2.05) is 6.07 Å². The molecule has 0 aliphatic carbocycles. The number of nitrogens with zero attached hydrogens (tertiary/aromatic N) is 3. The Morgan fingerprint density at radius 1 is 1.29 bits per heavy atom. The van der Waals surface area contributed by atoms with E-state index in [9.17, 15) is 19.8 Å². The van der Waals surface area contributed by atoms with E-state index in [4.69, 9.17) is 23.2 Å². The highest BCUT2D eigenvalue weighted by Crippen LogP contribution is 2.31. The van der Waals surface area contributed by atoms with E-state index in [1.54, 1.807) is 23.6 Å². The number of benzene rings is 2. The van der Waals surface area contributed by atoms with Crippen LogP contribution in [-0.4, -0.2) is 9.91 Å². The largest absolute Gasteiger partial charge is 0.360 e. The minimum absolute atomic E-state index is 0.211. The number of hydrogen-bond donors (Lipinski definition) is 1. The number of nitro benzene ring substituents is 1. The molecule has 1 aromatic heterocycles. The molecule has 0 atom stereocenters. The van der Waals surface area contributed by atoms with Crippen molar-refractivity contribution in [2.24, 2.45) is 0 Å². The Morgan fingerprint density at radius 2 is 2.07 bits per heavy atom. The number of rotatable bonds is 5. The highest BCUT2D eigenvalue weighted by atomic mass is 35.5. The summed E-state index contributed by atoms with van der Waals surface area (Å²) in [7, 11) is 0. The van der Waals surface area contributed by atoms with Gasteiger partial charge in [-0.15, -0.1) is 11.3 Å². The van der Waals surface area contributed by atoms with Crippen LogP contribution >= 0.6 is 34.5 Å². The fraction of sp³-hybridized carbons (Fsp3) is 0. The third kappa shape index (κ3) is 4.28. The average Bonchev–Trinajstić information content (AvgIpc) is 3.15. The predicted molar refractivity (Wildman–Crippen MR) is 108 cm³/mol. The summed E-state index contributed by atoms with van der Waals surface area (Å²) in [5, 5.41) is 26.0. The molecule has 0 radical (unpaired) electrons. The first-order chi connectivity index (χ1) is 13.4. The number of aromatic nitrogens is 1. The van der Waals surface area contributed by atoms with E-state index in [0.717, 1.165) is 17.7 Å². The van der Waals surface area contributed by atoms with Crippen molar-refractivity contribution >= 4 is 51.5 Å². The molecule has 2 aromatic carbocycles. The number of allylic oxidation sites excluding steroid dienone is 1. The molecule has 0 bridgehead atoms. The summed E-state index contributed by atoms with van der Waals surface area (Å²) in [4.78, 5) is 14.4. The summed E-state index contributed by atoms with van der Waals surface area (Å²) in [5.74, 6) is -0.939. The van der Waals surface area contributed by atoms with Crippen molar-refractivity contribution in [1.29, 1.82) is 5.26 Å². The van der Waals surface area contributed by atoms with E-state index >= 15 is 0 Å². The smallest absolute Gasteiger partial charge is 0.306 e. The second-order valence-electron chi connectivity index (χ2n) is 5.40. The number of hydrogen-bond acceptors (Lipinski definition) is 6. The molecular weight excluding hydrogens is 426 g/mol. The van der Waals surface area contributed by atoms with Gasteiger partial charge in [0.25, 0.3) is 0 Å². The maximum Gasteiger partial charge on any atom is 0.306 e. The molecule has 0 aliphatic rings. The molecule has 3 rings (SSSR count). The Morgan fingerprint density at radius 3 is 2.75 bits per heavy atom. The first-order valence-corrected chi connectivity index (χ1v) is 9.24. The molecule has 0 amide bonds. The second kappa shape index (κ2) is 8.35. The maximum atomic E-state index is 13.4. The fourth-order valence-corrected chi connectivity index (χ4v) is 3.32. The summed E-state index contributed by atoms with van der Waals surface area (Å²) in [6.45, 7) is 0. The van der Waals surface area contributed by atoms with Gasteiger partial charge >= 0.3 is 5.69 Å². The van der Waals surface area contributed by atoms with Crippen LogP contribution in [-0.2, 0) is 0 Å². The Labute approximate surface area is 172 Å². The van der Waals surface area contributed by atoms with Crippen LogP contribution in [0.2, 0.25) is 10.0 Å². The van der Waals surface area contributed by atoms with Crippen LogP contribution < -0.4 is 5.32 Å². The Kier molecular flexibility index (Phi) is 5.90. The van der Waals surface area contributed by atoms with Gasteiger partial charge < -0.3 is 5.32 Å². The van der Waals surface area contributed by atoms with Gasteiger partial charge in [0.05, 0.1) is 20.7 Å². The van der Waals surface area contributed by atoms with Crippen molar-refractivity contribution in [3.05, 3.63) is 79.0 Å². The third-order valence-corrected chi connectivity index (χ3v) is 5.21. The van der Waals surface area contributed by atoms with Gasteiger partial charge in [-0.3, -0.25) is 10.1 Å². The lowest BCUT2D eigenvalue weighted by Crippen LogP contribution is -1.96. The fourth-order valence-electron chi connectivity index (χ4n) is 2.23. The number of thiazole rings is 1. The topological polar surface area (TPSA) is 91.8 Å². The van der Waals surface area contributed by atoms with Gasteiger partial charge in [0.1, 0.15) is 16.6 Å². The van der Waals surface area contributed by atoms with Crippen molar-refractivity contribution in [2.75, 3.05) is 5.32 Å². The SMILES string of the molecule is N#C/C(=C\Nc1ccc(F)c([N+](=O)[O-])c1)c1nc(-c2ccc(Cl)c(Cl)c2)cs1. The van der Waals surface area contributed by atoms with Gasteiger partial charge in [0, 0.05) is 28.9 Å². The van der Waals surface area contributed by atoms with Gasteiger partial charge in [0.15, 0.2) is 0 Å². The lowest BCUT2D eigenvalue weighted by Gasteiger charge is -2.02. The molecular formula is C18H9Cl2FN4O2S. The summed E-state index contributed by atoms with van der Waals surface area (Å²) in [6.07, 6.45) is 1.36. The second-order valence-corrected chi connectivity index (χ2v) is 7.08. The van der Waals surface area contributed by atoms with Crippen molar-refractivity contribution in [1.82, 2.24) is 4.98 Å². The van der Waals surface area contributed by atoms with E-state index in [1.165, 1.54) is 23.6 Å². The molecule has 1 N–H and O–H groups in total. The normalized spacial score (nSPS) is 11.1. The molecule has 140 valence electrons. The molecule has 0 saturated carbocycles. The number of nitro groups is 1. The van der Waals surface area contributed by atoms with Crippen LogP contribution in [0.15, 0.2) is 48.0 Å². The highest BCUT2D eigenvalue weighted by Gasteiger charge is 2.14. The monoisotopic (exact) mass is 434 g/mol. The quantitative estimate of drug-likeness (QED) is 0.295. The number of halogens is 3. The average molecular weight is 435 g/mol. The first kappa shape index (κ1) is 19.8. The third-order valence-electron chi connectivity index (χ3n) is 3.60. The predicted octanol–water partition coefficient (Wildman–Crippen LogP) is 6.14. The zero-order chi connectivity index (χ0) is 20.3. The molecule has 0 fully saturated rings. The molecule has 28 heavy (non-hydrogen) atoms. The zero-order valence-corrected chi connectivity index (χ0v) is 16.1. The standard InChI is InChI=1S/C18H9Cl2FN4O2S/c19-13-3-1-10(5-14(13)20)16-9-28-18(24-16)11(7-22)8-23-12-2-4-15(21)17(6-12)25(26)27/h1-6,8-9,23H/b11-8+. The van der Waals surface area contributed by atoms with Gasteiger partial charge in [-0.1, -0.05) is 29.3 Å². The molecule has 0 saturated heterocycles. The van der Waals surface area contributed by atoms with Crippen LogP contribution in [0, 0.1) is 27.3 Å². The van der Waals surface area contributed by atoms with Gasteiger partial charge in [-0.25, -0.2) is 4.98 Å². The maximum absolute atomic E-state index is 13.4. The minimum atomic E-state index is -0.939. The van der Waals surface area contributed by atoms with Crippen LogP contribution in [0.5, 0.6) is 0 Å². The van der Waals surface area contributed by atoms with Gasteiger partial charge in [-0.2, -0.15) is 9.65 Å². The summed E-state index contributed by atoms with van der Waals surface area (Å²) >= 11 is 13.2. The molecule has 0 aliphatic heterocycles. The van der Waals surface area contributed by atoms with Crippen molar-refractivity contribution in [3.8, 4) is 17.3 Å². The van der Waals surface area contributed by atoms with Gasteiger partial charge in [0.2, 0.25) is 5.82 Å². The zero-order valence-electron chi connectivity index (χ0n) is 13.8. The van der Waals surface area contributed by atoms with Crippen molar-refractivity contribution in [2.45, 2.75) is 0 Å². The molecule has 6 nitrogen and oxygen atoms in total. The summed E-state index contributed by atoms with van der Waals surface area (Å²) in [5.41, 5.74) is 1.19. The van der Waals surface area contributed by atoms with Crippen molar-refractivity contribution in [3.63, 3.8) is 0 Å². The van der Waals surface area contributed by atoms with Crippen molar-refractivity contribution < 1.29 is 9.31 Å². The molecule has 0 unspecified atom stereocenters. The van der Waals surface area contributed by atoms with E-state index < -0.39 is 16.4 Å². The van der Waals surface area contributed by atoms with E-state index in [0.29, 0.717) is 20.7 Å². The van der Waals surface area contributed by atoms with E-state index in [-0.39, 0.29) is 11.3 Å². The van der Waals surface area contributed by atoms with Crippen LogP contribution in [0.1, 0.15) is 5.01 Å². The lowest BCUT2D eigenvalue weighted by atomic mass is 10.2. The van der Waals surface area contributed by atoms with Crippen LogP contribution in [0.3, 0.4) is 0 Å². The number of nitriles is 1. The van der Waals surface area contributed by atoms with E-state index in [2.05, 4.69) is 10.3 Å². The minimum Gasteiger partial charge on any atom is -0.360 e. The summed E-state index contributed by atoms with van der Waals surface area (Å²) in [6, 6.07) is 10.5.